The van der Waals surface area contributed by atoms with Gasteiger partial charge in [0.2, 0.25) is 0 Å². The molecular formula is C28H35N2OSi. The van der Waals surface area contributed by atoms with Crippen LogP contribution in [0.2, 0.25) is 5.04 Å². The van der Waals surface area contributed by atoms with Crippen LogP contribution in [0.3, 0.4) is 0 Å². The molecule has 0 N–H and O–H groups in total. The summed E-state index contributed by atoms with van der Waals surface area (Å²) in [7, 11) is -2.86. The van der Waals surface area contributed by atoms with Crippen LogP contribution in [-0.2, 0) is 4.43 Å². The van der Waals surface area contributed by atoms with Crippen molar-refractivity contribution in [2.75, 3.05) is 0 Å². The molecular weight excluding hydrogens is 408 g/mol. The van der Waals surface area contributed by atoms with E-state index in [1.807, 2.05) is 12.1 Å². The fourth-order valence-electron chi connectivity index (χ4n) is 4.56. The average Bonchev–Trinajstić information content (AvgIpc) is 2.79. The van der Waals surface area contributed by atoms with Gasteiger partial charge in [-0.15, -0.1) is 0 Å². The molecule has 3 nitrogen and oxygen atoms in total. The molecule has 0 amide bonds. The maximum atomic E-state index is 9.47. The van der Waals surface area contributed by atoms with Crippen molar-refractivity contribution in [3.05, 3.63) is 79.2 Å². The minimum Gasteiger partial charge on any atom is -0.398 e. The molecule has 2 rings (SSSR count). The number of rotatable bonds is 10. The lowest BCUT2D eigenvalue weighted by Crippen LogP contribution is -2.69. The van der Waals surface area contributed by atoms with Crippen LogP contribution in [0.15, 0.2) is 72.3 Å². The van der Waals surface area contributed by atoms with Gasteiger partial charge >= 0.3 is 0 Å². The molecule has 32 heavy (non-hydrogen) atoms. The summed E-state index contributed by atoms with van der Waals surface area (Å²) in [5, 5.41) is 21.1. The van der Waals surface area contributed by atoms with Crippen molar-refractivity contribution in [2.24, 2.45) is 0 Å². The molecule has 0 aliphatic heterocycles. The van der Waals surface area contributed by atoms with Gasteiger partial charge in [-0.2, -0.15) is 10.5 Å². The molecule has 1 radical (unpaired) electrons. The van der Waals surface area contributed by atoms with E-state index in [9.17, 15) is 10.5 Å². The molecule has 0 bridgehead atoms. The van der Waals surface area contributed by atoms with Crippen LogP contribution in [0.25, 0.3) is 0 Å². The van der Waals surface area contributed by atoms with Crippen LogP contribution in [0.4, 0.5) is 0 Å². The van der Waals surface area contributed by atoms with Crippen molar-refractivity contribution in [3.8, 4) is 12.1 Å². The zero-order valence-corrected chi connectivity index (χ0v) is 20.9. The molecule has 0 spiro atoms. The van der Waals surface area contributed by atoms with E-state index in [-0.39, 0.29) is 5.04 Å². The van der Waals surface area contributed by atoms with E-state index in [4.69, 9.17) is 4.43 Å². The average molecular weight is 444 g/mol. The summed E-state index contributed by atoms with van der Waals surface area (Å²) in [5.41, 5.74) is 0.361. The zero-order valence-electron chi connectivity index (χ0n) is 19.9. The molecule has 0 aliphatic carbocycles. The van der Waals surface area contributed by atoms with Crippen LogP contribution in [0.5, 0.6) is 0 Å². The highest BCUT2D eigenvalue weighted by Gasteiger charge is 2.54. The Morgan fingerprint density at radius 3 is 1.69 bits per heavy atom. The van der Waals surface area contributed by atoms with Crippen LogP contribution in [0.1, 0.15) is 59.8 Å². The Balaban J connectivity index is 2.88. The van der Waals surface area contributed by atoms with E-state index in [0.29, 0.717) is 32.1 Å². The maximum absolute atomic E-state index is 9.47. The van der Waals surface area contributed by atoms with E-state index >= 15 is 0 Å². The molecule has 0 saturated heterocycles. The topological polar surface area (TPSA) is 56.8 Å². The molecule has 0 atom stereocenters. The maximum Gasteiger partial charge on any atom is 0.262 e. The summed E-state index contributed by atoms with van der Waals surface area (Å²) in [6.45, 7) is 12.8. The fourth-order valence-corrected chi connectivity index (χ4v) is 9.44. The molecule has 0 aliphatic rings. The van der Waals surface area contributed by atoms with Crippen molar-refractivity contribution < 1.29 is 4.43 Å². The van der Waals surface area contributed by atoms with Gasteiger partial charge in [0, 0.05) is 12.8 Å². The van der Waals surface area contributed by atoms with Gasteiger partial charge in [0.15, 0.2) is 0 Å². The first kappa shape index (κ1) is 25.6. The van der Waals surface area contributed by atoms with E-state index in [1.165, 1.54) is 10.4 Å². The lowest BCUT2D eigenvalue weighted by atomic mass is 9.85. The minimum atomic E-state index is -2.86. The Morgan fingerprint density at radius 2 is 1.34 bits per heavy atom. The number of benzene rings is 2. The van der Waals surface area contributed by atoms with Gasteiger partial charge in [0.25, 0.3) is 8.32 Å². The first-order valence-corrected chi connectivity index (χ1v) is 13.2. The van der Waals surface area contributed by atoms with E-state index in [2.05, 4.69) is 101 Å². The van der Waals surface area contributed by atoms with Gasteiger partial charge in [0.1, 0.15) is 0 Å². The lowest BCUT2D eigenvalue weighted by Gasteiger charge is -2.50. The second-order valence-corrected chi connectivity index (χ2v) is 13.5. The third-order valence-corrected chi connectivity index (χ3v) is 11.3. The number of nitriles is 2. The van der Waals surface area contributed by atoms with E-state index in [0.717, 1.165) is 5.57 Å². The Hall–Kier alpha value is -2.66. The van der Waals surface area contributed by atoms with Gasteiger partial charge in [-0.25, -0.2) is 0 Å². The van der Waals surface area contributed by atoms with Crippen LogP contribution >= 0.6 is 0 Å². The smallest absolute Gasteiger partial charge is 0.262 e. The van der Waals surface area contributed by atoms with Gasteiger partial charge in [-0.3, -0.25) is 0 Å². The number of hydrogen-bond acceptors (Lipinski definition) is 3. The molecule has 0 aromatic heterocycles. The summed E-state index contributed by atoms with van der Waals surface area (Å²) in [4.78, 5) is 0. The zero-order chi connectivity index (χ0) is 23.7. The van der Waals surface area contributed by atoms with Gasteiger partial charge in [-0.1, -0.05) is 87.5 Å². The van der Waals surface area contributed by atoms with Crippen molar-refractivity contribution in [1.82, 2.24) is 0 Å². The van der Waals surface area contributed by atoms with Crippen molar-refractivity contribution in [1.29, 1.82) is 10.5 Å². The third-order valence-electron chi connectivity index (χ3n) is 6.22. The summed E-state index contributed by atoms with van der Waals surface area (Å²) < 4.78 is 7.52. The number of allylic oxidation sites excluding steroid dienone is 1. The highest BCUT2D eigenvalue weighted by Crippen LogP contribution is 2.44. The normalized spacial score (nSPS) is 12.8. The largest absolute Gasteiger partial charge is 0.398 e. The predicted octanol–water partition coefficient (Wildman–Crippen LogP) is 6.08. The highest BCUT2D eigenvalue weighted by molar-refractivity contribution is 6.99. The first-order valence-electron chi connectivity index (χ1n) is 11.3. The summed E-state index contributed by atoms with van der Waals surface area (Å²) in [6, 6.07) is 25.6. The van der Waals surface area contributed by atoms with Crippen molar-refractivity contribution in [2.45, 2.75) is 70.4 Å². The summed E-state index contributed by atoms with van der Waals surface area (Å²) in [6.07, 6.45) is 4.57. The predicted molar refractivity (Wildman–Crippen MR) is 135 cm³/mol. The van der Waals surface area contributed by atoms with Crippen molar-refractivity contribution in [3.63, 3.8) is 0 Å². The van der Waals surface area contributed by atoms with Crippen LogP contribution in [0, 0.1) is 29.6 Å². The third kappa shape index (κ3) is 5.39. The molecule has 0 heterocycles. The van der Waals surface area contributed by atoms with Crippen LogP contribution in [-0.4, -0.2) is 13.9 Å². The van der Waals surface area contributed by atoms with E-state index in [1.54, 1.807) is 0 Å². The Labute approximate surface area is 195 Å². The standard InChI is InChI=1S/C28H35N2OSi/c1-6-15-24(2)28(20-13-22-29,21-14-23-30)31-32(27(3,4)5,25-16-9-7-10-17-25)26-18-11-8-12-19-26/h7-12,15-19H,1,6,13-14,20-21H2,2-5H3/b24-15+. The van der Waals surface area contributed by atoms with Gasteiger partial charge in [-0.05, 0) is 54.1 Å². The molecule has 4 heteroatoms. The van der Waals surface area contributed by atoms with E-state index < -0.39 is 13.9 Å². The Kier molecular flexibility index (Phi) is 9.02. The molecule has 0 unspecified atom stereocenters. The fraction of sp³-hybridized carbons (Fsp3) is 0.393. The molecule has 2 aromatic carbocycles. The molecule has 0 fully saturated rings. The molecule has 0 saturated carbocycles. The molecule has 2 aromatic rings. The second kappa shape index (κ2) is 11.3. The summed E-state index contributed by atoms with van der Waals surface area (Å²) >= 11 is 0. The quantitative estimate of drug-likeness (QED) is 0.330. The number of nitrogens with zero attached hydrogens (tertiary/aromatic N) is 2. The first-order chi connectivity index (χ1) is 15.3. The van der Waals surface area contributed by atoms with Gasteiger partial charge < -0.3 is 4.43 Å². The van der Waals surface area contributed by atoms with Crippen LogP contribution < -0.4 is 10.4 Å². The highest BCUT2D eigenvalue weighted by atomic mass is 28.4. The second-order valence-electron chi connectivity index (χ2n) is 9.25. The monoisotopic (exact) mass is 443 g/mol. The Bertz CT molecular complexity index is 905. The van der Waals surface area contributed by atoms with Gasteiger partial charge in [0.05, 0.1) is 17.7 Å². The summed E-state index contributed by atoms with van der Waals surface area (Å²) in [5.74, 6) is 0. The lowest BCUT2D eigenvalue weighted by molar-refractivity contribution is 0.0786. The molecule has 167 valence electrons. The SMILES string of the molecule is [CH2]C/C=C(\C)C(CCC#N)(CCC#N)O[Si](c1ccccc1)(c1ccccc1)C(C)(C)C. The van der Waals surface area contributed by atoms with Crippen molar-refractivity contribution >= 4 is 18.7 Å². The Morgan fingerprint density at radius 1 is 0.906 bits per heavy atom. The number of hydrogen-bond donors (Lipinski definition) is 0. The minimum absolute atomic E-state index is 0.189.